The molecule has 0 atom stereocenters. The molecule has 0 bridgehead atoms. The smallest absolute Gasteiger partial charge is 0.255 e. The van der Waals surface area contributed by atoms with Crippen molar-refractivity contribution in [2.75, 3.05) is 62.8 Å². The lowest BCUT2D eigenvalue weighted by Crippen LogP contribution is -2.54. The Labute approximate surface area is 176 Å². The van der Waals surface area contributed by atoms with Gasteiger partial charge in [-0.25, -0.2) is 4.98 Å². The molecule has 0 radical (unpaired) electrons. The highest BCUT2D eigenvalue weighted by molar-refractivity contribution is 7.99. The van der Waals surface area contributed by atoms with E-state index >= 15 is 0 Å². The summed E-state index contributed by atoms with van der Waals surface area (Å²) in [6.07, 6.45) is 6.69. The van der Waals surface area contributed by atoms with E-state index in [1.165, 1.54) is 50.3 Å². The molecule has 1 N–H and O–H groups in total. The van der Waals surface area contributed by atoms with E-state index in [9.17, 15) is 4.79 Å². The van der Waals surface area contributed by atoms with Crippen LogP contribution in [0, 0.1) is 0 Å². The summed E-state index contributed by atoms with van der Waals surface area (Å²) in [6.45, 7) is 5.61. The lowest BCUT2D eigenvalue weighted by atomic mass is 9.94. The van der Waals surface area contributed by atoms with Crippen molar-refractivity contribution >= 4 is 35.1 Å². The number of amides is 1. The van der Waals surface area contributed by atoms with Crippen molar-refractivity contribution in [3.05, 3.63) is 22.8 Å². The van der Waals surface area contributed by atoms with Crippen LogP contribution < -0.4 is 5.32 Å². The zero-order valence-electron chi connectivity index (χ0n) is 16.3. The Morgan fingerprint density at radius 3 is 2.61 bits per heavy atom. The van der Waals surface area contributed by atoms with Gasteiger partial charge in [-0.15, -0.1) is 0 Å². The number of halogens is 1. The van der Waals surface area contributed by atoms with Gasteiger partial charge in [0.25, 0.3) is 5.91 Å². The fourth-order valence-electron chi connectivity index (χ4n) is 4.56. The van der Waals surface area contributed by atoms with Crippen LogP contribution in [0.5, 0.6) is 0 Å². The molecule has 0 unspecified atom stereocenters. The molecule has 2 saturated heterocycles. The molecule has 1 aromatic heterocycles. The van der Waals surface area contributed by atoms with E-state index in [-0.39, 0.29) is 11.4 Å². The summed E-state index contributed by atoms with van der Waals surface area (Å²) in [6, 6.07) is 1.74. The van der Waals surface area contributed by atoms with Gasteiger partial charge in [-0.05, 0) is 18.9 Å². The second-order valence-corrected chi connectivity index (χ2v) is 9.48. The van der Waals surface area contributed by atoms with Gasteiger partial charge in [0.15, 0.2) is 0 Å². The number of anilines is 1. The van der Waals surface area contributed by atoms with Crippen molar-refractivity contribution in [3.63, 3.8) is 0 Å². The zero-order valence-corrected chi connectivity index (χ0v) is 17.9. The van der Waals surface area contributed by atoms with Gasteiger partial charge in [0, 0.05) is 56.0 Å². The van der Waals surface area contributed by atoms with E-state index in [0.717, 1.165) is 6.54 Å². The van der Waals surface area contributed by atoms with Gasteiger partial charge in [-0.2, -0.15) is 11.8 Å². The zero-order chi connectivity index (χ0) is 19.4. The molecule has 1 aromatic rings. The summed E-state index contributed by atoms with van der Waals surface area (Å²) < 4.78 is 5.32. The molecule has 6 nitrogen and oxygen atoms in total. The number of ether oxygens (including phenoxy) is 1. The van der Waals surface area contributed by atoms with Crippen molar-refractivity contribution in [1.82, 2.24) is 14.8 Å². The first-order chi connectivity index (χ1) is 13.7. The summed E-state index contributed by atoms with van der Waals surface area (Å²) in [5.74, 6) is 3.10. The minimum absolute atomic E-state index is 0.0256. The van der Waals surface area contributed by atoms with Crippen LogP contribution >= 0.6 is 23.4 Å². The summed E-state index contributed by atoms with van der Waals surface area (Å²) in [7, 11) is 0. The van der Waals surface area contributed by atoms with Crippen LogP contribution in [0.2, 0.25) is 5.02 Å². The molecule has 3 heterocycles. The van der Waals surface area contributed by atoms with E-state index < -0.39 is 0 Å². The Hall–Kier alpha value is -1.02. The third-order valence-electron chi connectivity index (χ3n) is 6.19. The lowest BCUT2D eigenvalue weighted by Gasteiger charge is -2.43. The number of aromatic nitrogens is 1. The second-order valence-electron chi connectivity index (χ2n) is 7.84. The Morgan fingerprint density at radius 2 is 1.93 bits per heavy atom. The first-order valence-corrected chi connectivity index (χ1v) is 11.8. The topological polar surface area (TPSA) is 57.7 Å². The third kappa shape index (κ3) is 4.42. The van der Waals surface area contributed by atoms with Crippen molar-refractivity contribution in [1.29, 1.82) is 0 Å². The largest absolute Gasteiger partial charge is 0.378 e. The molecule has 4 rings (SSSR count). The molecule has 1 amide bonds. The SMILES string of the molecule is O=C(c1cnc(NCC2(N3CCSCC3)CCCC2)c(Cl)c1)N1CCOCC1. The van der Waals surface area contributed by atoms with Crippen LogP contribution in [0.4, 0.5) is 5.82 Å². The number of hydrogen-bond acceptors (Lipinski definition) is 6. The molecule has 3 aliphatic rings. The molecule has 0 spiro atoms. The van der Waals surface area contributed by atoms with Crippen molar-refractivity contribution < 1.29 is 9.53 Å². The van der Waals surface area contributed by atoms with Gasteiger partial charge in [0.2, 0.25) is 0 Å². The summed E-state index contributed by atoms with van der Waals surface area (Å²) >= 11 is 8.54. The van der Waals surface area contributed by atoms with Crippen molar-refractivity contribution in [2.45, 2.75) is 31.2 Å². The highest BCUT2D eigenvalue weighted by atomic mass is 35.5. The van der Waals surface area contributed by atoms with Crippen molar-refractivity contribution in [3.8, 4) is 0 Å². The number of nitrogens with one attached hydrogen (secondary N) is 1. The molecular weight excluding hydrogens is 396 g/mol. The lowest BCUT2D eigenvalue weighted by molar-refractivity contribution is 0.0302. The number of hydrogen-bond donors (Lipinski definition) is 1. The minimum Gasteiger partial charge on any atom is -0.378 e. The maximum atomic E-state index is 12.6. The number of carbonyl (C=O) groups is 1. The van der Waals surface area contributed by atoms with Crippen molar-refractivity contribution in [2.24, 2.45) is 0 Å². The third-order valence-corrected chi connectivity index (χ3v) is 7.42. The molecule has 28 heavy (non-hydrogen) atoms. The van der Waals surface area contributed by atoms with Gasteiger partial charge in [0.05, 0.1) is 23.8 Å². The van der Waals surface area contributed by atoms with E-state index in [2.05, 4.69) is 15.2 Å². The van der Waals surface area contributed by atoms with Crippen LogP contribution in [0.25, 0.3) is 0 Å². The van der Waals surface area contributed by atoms with E-state index in [0.29, 0.717) is 42.7 Å². The van der Waals surface area contributed by atoms with Gasteiger partial charge >= 0.3 is 0 Å². The number of nitrogens with zero attached hydrogens (tertiary/aromatic N) is 3. The highest BCUT2D eigenvalue weighted by Crippen LogP contribution is 2.37. The molecule has 1 saturated carbocycles. The molecule has 3 fully saturated rings. The average Bonchev–Trinajstić information content (AvgIpc) is 3.24. The van der Waals surface area contributed by atoms with E-state index in [1.54, 1.807) is 17.2 Å². The molecule has 8 heteroatoms. The maximum absolute atomic E-state index is 12.6. The summed E-state index contributed by atoms with van der Waals surface area (Å²) in [5.41, 5.74) is 0.759. The maximum Gasteiger partial charge on any atom is 0.255 e. The van der Waals surface area contributed by atoms with Crippen LogP contribution in [0.3, 0.4) is 0 Å². The Bertz CT molecular complexity index is 687. The number of morpholine rings is 1. The Kier molecular flexibility index (Phi) is 6.66. The van der Waals surface area contributed by atoms with Crippen LogP contribution in [0.15, 0.2) is 12.3 Å². The first kappa shape index (κ1) is 20.3. The molecular formula is C20H29ClN4O2S. The second kappa shape index (κ2) is 9.20. The molecule has 2 aliphatic heterocycles. The quantitative estimate of drug-likeness (QED) is 0.784. The van der Waals surface area contributed by atoms with Crippen LogP contribution in [0.1, 0.15) is 36.0 Å². The monoisotopic (exact) mass is 424 g/mol. The number of carbonyl (C=O) groups excluding carboxylic acids is 1. The molecule has 1 aliphatic carbocycles. The number of pyridine rings is 1. The Morgan fingerprint density at radius 1 is 1.21 bits per heavy atom. The molecule has 154 valence electrons. The van der Waals surface area contributed by atoms with Crippen LogP contribution in [-0.4, -0.2) is 83.7 Å². The summed E-state index contributed by atoms with van der Waals surface area (Å²) in [5, 5.41) is 4.02. The van der Waals surface area contributed by atoms with Gasteiger partial charge < -0.3 is 15.0 Å². The fourth-order valence-corrected chi connectivity index (χ4v) is 5.69. The van der Waals surface area contributed by atoms with Gasteiger partial charge in [-0.1, -0.05) is 24.4 Å². The summed E-state index contributed by atoms with van der Waals surface area (Å²) in [4.78, 5) is 21.6. The van der Waals surface area contributed by atoms with E-state index in [4.69, 9.17) is 16.3 Å². The van der Waals surface area contributed by atoms with Crippen LogP contribution in [-0.2, 0) is 4.74 Å². The minimum atomic E-state index is -0.0256. The van der Waals surface area contributed by atoms with Gasteiger partial charge in [0.1, 0.15) is 5.82 Å². The number of rotatable bonds is 5. The standard InChI is InChI=1S/C20H29ClN4O2S/c21-17-13-16(19(26)24-5-9-27-10-6-24)14-22-18(17)23-15-20(3-1-2-4-20)25-7-11-28-12-8-25/h13-14H,1-12,15H2,(H,22,23). The van der Waals surface area contributed by atoms with E-state index in [1.807, 2.05) is 11.8 Å². The highest BCUT2D eigenvalue weighted by Gasteiger charge is 2.40. The number of thioether (sulfide) groups is 1. The Balaban J connectivity index is 1.42. The predicted molar refractivity (Wildman–Crippen MR) is 115 cm³/mol. The normalized spacial score (nSPS) is 23.0. The first-order valence-electron chi connectivity index (χ1n) is 10.3. The predicted octanol–water partition coefficient (Wildman–Crippen LogP) is 2.98. The fraction of sp³-hybridized carbons (Fsp3) is 0.700. The van der Waals surface area contributed by atoms with Gasteiger partial charge in [-0.3, -0.25) is 9.69 Å². The average molecular weight is 425 g/mol. The molecule has 0 aromatic carbocycles.